The lowest BCUT2D eigenvalue weighted by Crippen LogP contribution is -2.40. The van der Waals surface area contributed by atoms with Gasteiger partial charge in [0.15, 0.2) is 34.5 Å². The smallest absolute Gasteiger partial charge is 0.385 e. The monoisotopic (exact) mass is 399 g/mol. The van der Waals surface area contributed by atoms with Gasteiger partial charge in [0.1, 0.15) is 25.1 Å². The normalized spacial score (nSPS) is 34.3. The first-order valence-corrected chi connectivity index (χ1v) is 10.4. The highest BCUT2D eigenvalue weighted by Gasteiger charge is 2.57. The van der Waals surface area contributed by atoms with E-state index in [-0.39, 0.29) is 12.4 Å². The molecule has 5 atom stereocenters. The number of hydrogen-bond donors (Lipinski definition) is 4. The van der Waals surface area contributed by atoms with Gasteiger partial charge in [-0.05, 0) is 0 Å². The third-order valence-electron chi connectivity index (χ3n) is 4.08. The molecule has 2 saturated heterocycles. The number of nitrogens with zero attached hydrogens (tertiary/aromatic N) is 4. The second-order valence-electron chi connectivity index (χ2n) is 5.82. The second kappa shape index (κ2) is 6.84. The van der Waals surface area contributed by atoms with Crippen molar-refractivity contribution >= 4 is 44.1 Å². The van der Waals surface area contributed by atoms with Gasteiger partial charge >= 0.3 is 15.4 Å². The van der Waals surface area contributed by atoms with Crippen molar-refractivity contribution in [1.82, 2.24) is 19.5 Å². The van der Waals surface area contributed by atoms with Crippen LogP contribution >= 0.6 is 19.6 Å². The van der Waals surface area contributed by atoms with Gasteiger partial charge in [0, 0.05) is 12.3 Å². The first-order chi connectivity index (χ1) is 12.4. The number of aliphatic hydroxyl groups excluding tert-OH is 1. The van der Waals surface area contributed by atoms with Crippen LogP contribution in [0.4, 0.5) is 5.82 Å². The van der Waals surface area contributed by atoms with Crippen LogP contribution in [0.1, 0.15) is 6.23 Å². The number of aliphatic hydroxyl groups is 1. The Kier molecular flexibility index (Phi) is 4.82. The highest BCUT2D eigenvalue weighted by Crippen LogP contribution is 2.58. The molecule has 2 radical (unpaired) electrons. The van der Waals surface area contributed by atoms with Crippen molar-refractivity contribution in [1.29, 1.82) is 0 Å². The lowest BCUT2D eigenvalue weighted by Gasteiger charge is -2.27. The lowest BCUT2D eigenvalue weighted by molar-refractivity contribution is -0.0628. The van der Waals surface area contributed by atoms with Crippen molar-refractivity contribution in [3.05, 3.63) is 6.33 Å². The van der Waals surface area contributed by atoms with Gasteiger partial charge in [0.05, 0.1) is 0 Å². The fourth-order valence-electron chi connectivity index (χ4n) is 2.97. The molecule has 6 N–H and O–H groups in total. The Morgan fingerprint density at radius 3 is 3.04 bits per heavy atom. The molecule has 2 fully saturated rings. The highest BCUT2D eigenvalue weighted by atomic mass is 32.2. The van der Waals surface area contributed by atoms with Crippen LogP contribution in [0.5, 0.6) is 0 Å². The molecule has 0 spiro atoms. The molecule has 4 heterocycles. The van der Waals surface area contributed by atoms with E-state index in [1.165, 1.54) is 18.1 Å². The van der Waals surface area contributed by atoms with Crippen molar-refractivity contribution in [3.63, 3.8) is 0 Å². The molecule has 2 aromatic heterocycles. The summed E-state index contributed by atoms with van der Waals surface area (Å²) in [7, 11) is 2.08. The molecular formula is C12H17BN6O5PS+. The molecule has 1 unspecified atom stereocenters. The van der Waals surface area contributed by atoms with Gasteiger partial charge in [-0.25, -0.2) is 19.8 Å². The van der Waals surface area contributed by atoms with Gasteiger partial charge in [-0.3, -0.25) is 4.57 Å². The Hall–Kier alpha value is -1.05. The summed E-state index contributed by atoms with van der Waals surface area (Å²) in [6.07, 6.45) is -2.11. The number of imidazole rings is 1. The van der Waals surface area contributed by atoms with Gasteiger partial charge < -0.3 is 21.3 Å². The standard InChI is InChI=1S/C12H17BN6O5PS/c13-25(21)22-3-5-8(24-25)7(20)11(23-5)19-10-6(9(15)16-4-17-10)18-12(19)26-2-1-14/h4-5,7-8,11,20-21H,1-3,14H2,(H2,15,16,17)/q+1/t5-,7-,8-,11-,25?/m1/s1. The van der Waals surface area contributed by atoms with Crippen LogP contribution in [0, 0.1) is 0 Å². The minimum atomic E-state index is -3.46. The third-order valence-corrected chi connectivity index (χ3v) is 6.13. The summed E-state index contributed by atoms with van der Waals surface area (Å²) in [6, 6.07) is 0. The summed E-state index contributed by atoms with van der Waals surface area (Å²) >= 11 is 1.38. The van der Waals surface area contributed by atoms with Crippen LogP contribution in [0.25, 0.3) is 11.2 Å². The van der Waals surface area contributed by atoms with Crippen LogP contribution in [-0.2, 0) is 13.8 Å². The quantitative estimate of drug-likeness (QED) is 0.282. The number of anilines is 1. The molecule has 4 rings (SSSR count). The molecule has 138 valence electrons. The van der Waals surface area contributed by atoms with E-state index >= 15 is 0 Å². The number of thioether (sulfide) groups is 1. The van der Waals surface area contributed by atoms with Crippen molar-refractivity contribution in [2.24, 2.45) is 5.73 Å². The summed E-state index contributed by atoms with van der Waals surface area (Å²) in [6.45, 7) is 0.448. The summed E-state index contributed by atoms with van der Waals surface area (Å²) < 4.78 is 18.0. The number of fused-ring (bicyclic) bond motifs is 2. The van der Waals surface area contributed by atoms with E-state index in [0.717, 1.165) is 0 Å². The zero-order valence-electron chi connectivity index (χ0n) is 13.5. The molecule has 11 nitrogen and oxygen atoms in total. The zero-order valence-corrected chi connectivity index (χ0v) is 15.2. The van der Waals surface area contributed by atoms with E-state index in [1.54, 1.807) is 4.57 Å². The highest BCUT2D eigenvalue weighted by molar-refractivity contribution is 7.99. The number of rotatable bonds is 4. The summed E-state index contributed by atoms with van der Waals surface area (Å²) in [5.41, 5.74) is 12.3. The summed E-state index contributed by atoms with van der Waals surface area (Å²) in [5, 5.41) is 11.3. The van der Waals surface area contributed by atoms with Gasteiger partial charge in [-0.1, -0.05) is 11.8 Å². The molecule has 2 aliphatic rings. The van der Waals surface area contributed by atoms with E-state index in [0.29, 0.717) is 28.6 Å². The van der Waals surface area contributed by atoms with Crippen LogP contribution < -0.4 is 11.5 Å². The summed E-state index contributed by atoms with van der Waals surface area (Å²) in [5.74, 6) is 0.815. The van der Waals surface area contributed by atoms with Crippen LogP contribution in [-0.4, -0.2) is 74.3 Å². The molecule has 14 heteroatoms. The van der Waals surface area contributed by atoms with E-state index < -0.39 is 32.4 Å². The molecule has 26 heavy (non-hydrogen) atoms. The third kappa shape index (κ3) is 3.08. The molecule has 0 aromatic carbocycles. The van der Waals surface area contributed by atoms with Crippen molar-refractivity contribution in [2.45, 2.75) is 29.7 Å². The van der Waals surface area contributed by atoms with Crippen molar-refractivity contribution in [3.8, 4) is 0 Å². The Morgan fingerprint density at radius 2 is 2.27 bits per heavy atom. The zero-order chi connectivity index (χ0) is 18.5. The molecule has 0 bridgehead atoms. The Morgan fingerprint density at radius 1 is 1.46 bits per heavy atom. The van der Waals surface area contributed by atoms with Crippen molar-refractivity contribution < 1.29 is 23.8 Å². The topological polar surface area (TPSA) is 164 Å². The average molecular weight is 399 g/mol. The van der Waals surface area contributed by atoms with Crippen LogP contribution in [0.3, 0.4) is 0 Å². The van der Waals surface area contributed by atoms with Gasteiger partial charge in [0.25, 0.3) is 0 Å². The molecule has 0 aliphatic carbocycles. The SMILES string of the molecule is [B][P+]1(O)OC[C@H]2O[C@@H](n3c(SCCN)nc4c(N)ncnc43)[C@H](O)[C@@H]2O1. The van der Waals surface area contributed by atoms with E-state index in [9.17, 15) is 10.00 Å². The van der Waals surface area contributed by atoms with E-state index in [1.807, 2.05) is 0 Å². The average Bonchev–Trinajstić information content (AvgIpc) is 3.11. The number of nitrogens with two attached hydrogens (primary N) is 2. The first kappa shape index (κ1) is 18.3. The van der Waals surface area contributed by atoms with Gasteiger partial charge in [-0.2, -0.15) is 9.05 Å². The first-order valence-electron chi connectivity index (χ1n) is 7.79. The van der Waals surface area contributed by atoms with E-state index in [4.69, 9.17) is 32.8 Å². The fourth-order valence-corrected chi connectivity index (χ4v) is 4.79. The van der Waals surface area contributed by atoms with Crippen LogP contribution in [0.2, 0.25) is 0 Å². The molecule has 2 aliphatic heterocycles. The van der Waals surface area contributed by atoms with Crippen molar-refractivity contribution in [2.75, 3.05) is 24.6 Å². The predicted molar refractivity (Wildman–Crippen MR) is 95.1 cm³/mol. The minimum absolute atomic E-state index is 0.00797. The Labute approximate surface area is 154 Å². The predicted octanol–water partition coefficient (Wildman–Crippen LogP) is -1.03. The summed E-state index contributed by atoms with van der Waals surface area (Å²) in [4.78, 5) is 22.5. The lowest BCUT2D eigenvalue weighted by atomic mass is 10.1. The largest absolute Gasteiger partial charge is 0.488 e. The molecule has 0 amide bonds. The van der Waals surface area contributed by atoms with Gasteiger partial charge in [-0.15, -0.1) is 0 Å². The molecule has 2 aromatic rings. The fraction of sp³-hybridized carbons (Fsp3) is 0.583. The number of ether oxygens (including phenoxy) is 1. The molecule has 0 saturated carbocycles. The van der Waals surface area contributed by atoms with Crippen LogP contribution in [0.15, 0.2) is 11.5 Å². The number of aromatic nitrogens is 4. The Bertz CT molecular complexity index is 827. The minimum Gasteiger partial charge on any atom is -0.385 e. The number of nitrogen functional groups attached to an aromatic ring is 1. The second-order valence-corrected chi connectivity index (χ2v) is 8.48. The maximum Gasteiger partial charge on any atom is 0.488 e. The molecular weight excluding hydrogens is 382 g/mol. The Balaban J connectivity index is 1.75. The number of hydrogen-bond acceptors (Lipinski definition) is 11. The maximum atomic E-state index is 10.8. The van der Waals surface area contributed by atoms with E-state index in [2.05, 4.69) is 15.0 Å². The maximum absolute atomic E-state index is 10.8. The van der Waals surface area contributed by atoms with Gasteiger partial charge in [0.2, 0.25) is 0 Å².